The highest BCUT2D eigenvalue weighted by Gasteiger charge is 2.02. The number of amides is 2. The first-order valence-electron chi connectivity index (χ1n) is 6.10. The number of halogens is 1. The minimum atomic E-state index is -0.231. The van der Waals surface area contributed by atoms with E-state index in [9.17, 15) is 4.79 Å². The lowest BCUT2D eigenvalue weighted by molar-refractivity contribution is 0.262. The molecule has 0 spiro atoms. The van der Waals surface area contributed by atoms with E-state index >= 15 is 0 Å². The molecule has 0 bridgehead atoms. The maximum absolute atomic E-state index is 11.8. The first-order valence-corrected chi connectivity index (χ1v) is 7.18. The van der Waals surface area contributed by atoms with Crippen LogP contribution in [-0.2, 0) is 6.42 Å². The number of urea groups is 1. The van der Waals surface area contributed by atoms with Crippen LogP contribution in [0.2, 0.25) is 0 Å². The third-order valence-corrected chi connectivity index (χ3v) is 3.44. The van der Waals surface area contributed by atoms with Gasteiger partial charge in [0.1, 0.15) is 0 Å². The summed E-state index contributed by atoms with van der Waals surface area (Å²) in [6.07, 6.45) is 0.995. The van der Waals surface area contributed by atoms with Crippen molar-refractivity contribution >= 4 is 40.0 Å². The van der Waals surface area contributed by atoms with E-state index in [1.807, 2.05) is 48.5 Å². The molecule has 0 fully saturated rings. The number of nitrogens with one attached hydrogen (secondary N) is 2. The van der Waals surface area contributed by atoms with Crippen molar-refractivity contribution < 1.29 is 4.79 Å². The fraction of sp³-hybridized carbons (Fsp3) is 0.133. The summed E-state index contributed by atoms with van der Waals surface area (Å²) >= 11 is 2.23. The molecule has 19 heavy (non-hydrogen) atoms. The van der Waals surface area contributed by atoms with Crippen molar-refractivity contribution in [1.82, 2.24) is 0 Å². The predicted molar refractivity (Wildman–Crippen MR) is 87.6 cm³/mol. The van der Waals surface area contributed by atoms with Crippen molar-refractivity contribution in [2.24, 2.45) is 0 Å². The summed E-state index contributed by atoms with van der Waals surface area (Å²) in [7, 11) is 0. The van der Waals surface area contributed by atoms with Crippen molar-refractivity contribution in [1.29, 1.82) is 0 Å². The summed E-state index contributed by atoms with van der Waals surface area (Å²) in [5.41, 5.74) is 2.83. The minimum absolute atomic E-state index is 0.231. The van der Waals surface area contributed by atoms with E-state index in [2.05, 4.69) is 40.1 Å². The molecule has 0 saturated heterocycles. The largest absolute Gasteiger partial charge is 0.323 e. The van der Waals surface area contributed by atoms with E-state index in [4.69, 9.17) is 0 Å². The molecule has 0 unspecified atom stereocenters. The Morgan fingerprint density at radius 1 is 0.947 bits per heavy atom. The number of aryl methyl sites for hydroxylation is 1. The fourth-order valence-electron chi connectivity index (χ4n) is 1.65. The standard InChI is InChI=1S/C15H15IN2O/c1-2-11-3-7-13(8-4-11)17-15(19)18-14-9-5-12(16)6-10-14/h3-10H,2H2,1H3,(H2,17,18,19). The molecule has 2 aromatic rings. The number of benzene rings is 2. The molecule has 4 heteroatoms. The predicted octanol–water partition coefficient (Wildman–Crippen LogP) is 4.50. The molecule has 0 saturated carbocycles. The summed E-state index contributed by atoms with van der Waals surface area (Å²) in [6, 6.07) is 15.3. The van der Waals surface area contributed by atoms with Crippen LogP contribution < -0.4 is 10.6 Å². The Morgan fingerprint density at radius 3 is 1.89 bits per heavy atom. The maximum Gasteiger partial charge on any atom is 0.323 e. The topological polar surface area (TPSA) is 41.1 Å². The lowest BCUT2D eigenvalue weighted by Crippen LogP contribution is -2.19. The normalized spacial score (nSPS) is 10.0. The Kier molecular flexibility index (Phi) is 4.79. The Hall–Kier alpha value is -1.56. The molecular formula is C15H15IN2O. The number of hydrogen-bond acceptors (Lipinski definition) is 1. The number of anilines is 2. The Balaban J connectivity index is 1.95. The molecule has 3 nitrogen and oxygen atoms in total. The summed E-state index contributed by atoms with van der Waals surface area (Å²) in [6.45, 7) is 2.10. The van der Waals surface area contributed by atoms with Crippen LogP contribution in [0, 0.1) is 3.57 Å². The second kappa shape index (κ2) is 6.56. The van der Waals surface area contributed by atoms with Gasteiger partial charge in [0.05, 0.1) is 0 Å². The third kappa shape index (κ3) is 4.24. The highest BCUT2D eigenvalue weighted by atomic mass is 127. The van der Waals surface area contributed by atoms with Gasteiger partial charge in [-0.2, -0.15) is 0 Å². The van der Waals surface area contributed by atoms with Gasteiger partial charge >= 0.3 is 6.03 Å². The SMILES string of the molecule is CCc1ccc(NC(=O)Nc2ccc(I)cc2)cc1. The molecule has 2 aromatic carbocycles. The van der Waals surface area contributed by atoms with Crippen LogP contribution in [0.1, 0.15) is 12.5 Å². The van der Waals surface area contributed by atoms with Gasteiger partial charge in [0.2, 0.25) is 0 Å². The molecule has 0 aliphatic rings. The highest BCUT2D eigenvalue weighted by Crippen LogP contribution is 2.13. The molecule has 0 aromatic heterocycles. The van der Waals surface area contributed by atoms with E-state index in [1.54, 1.807) is 0 Å². The van der Waals surface area contributed by atoms with Crippen LogP contribution >= 0.6 is 22.6 Å². The molecule has 0 radical (unpaired) electrons. The second-order valence-electron chi connectivity index (χ2n) is 4.14. The fourth-order valence-corrected chi connectivity index (χ4v) is 2.01. The van der Waals surface area contributed by atoms with Crippen LogP contribution in [-0.4, -0.2) is 6.03 Å². The van der Waals surface area contributed by atoms with Crippen molar-refractivity contribution in [2.45, 2.75) is 13.3 Å². The van der Waals surface area contributed by atoms with Gasteiger partial charge in [-0.15, -0.1) is 0 Å². The van der Waals surface area contributed by atoms with Gasteiger partial charge in [-0.1, -0.05) is 19.1 Å². The van der Waals surface area contributed by atoms with Crippen molar-refractivity contribution in [3.05, 3.63) is 57.7 Å². The molecule has 2 amide bonds. The average molecular weight is 366 g/mol. The first-order chi connectivity index (χ1) is 9.17. The van der Waals surface area contributed by atoms with Crippen LogP contribution in [0.5, 0.6) is 0 Å². The molecule has 0 aliphatic carbocycles. The molecule has 2 N–H and O–H groups in total. The molecule has 0 heterocycles. The maximum atomic E-state index is 11.8. The van der Waals surface area contributed by atoms with Crippen molar-refractivity contribution in [3.63, 3.8) is 0 Å². The Morgan fingerprint density at radius 2 is 1.42 bits per heavy atom. The van der Waals surface area contributed by atoms with E-state index < -0.39 is 0 Å². The zero-order valence-electron chi connectivity index (χ0n) is 10.6. The van der Waals surface area contributed by atoms with E-state index in [1.165, 1.54) is 5.56 Å². The van der Waals surface area contributed by atoms with Crippen LogP contribution in [0.25, 0.3) is 0 Å². The zero-order chi connectivity index (χ0) is 13.7. The van der Waals surface area contributed by atoms with Crippen molar-refractivity contribution in [2.75, 3.05) is 10.6 Å². The van der Waals surface area contributed by atoms with E-state index in [0.29, 0.717) is 0 Å². The van der Waals surface area contributed by atoms with E-state index in [-0.39, 0.29) is 6.03 Å². The second-order valence-corrected chi connectivity index (χ2v) is 5.38. The highest BCUT2D eigenvalue weighted by molar-refractivity contribution is 14.1. The molecule has 98 valence electrons. The van der Waals surface area contributed by atoms with Gasteiger partial charge in [-0.05, 0) is 71.0 Å². The lowest BCUT2D eigenvalue weighted by Gasteiger charge is -2.08. The molecule has 0 atom stereocenters. The summed E-state index contributed by atoms with van der Waals surface area (Å²) in [5.74, 6) is 0. The van der Waals surface area contributed by atoms with Gasteiger partial charge in [0.15, 0.2) is 0 Å². The molecule has 0 aliphatic heterocycles. The molecule has 2 rings (SSSR count). The van der Waals surface area contributed by atoms with E-state index in [0.717, 1.165) is 21.4 Å². The van der Waals surface area contributed by atoms with Gasteiger partial charge in [0, 0.05) is 14.9 Å². The number of carbonyl (C=O) groups is 1. The summed E-state index contributed by atoms with van der Waals surface area (Å²) < 4.78 is 1.14. The van der Waals surface area contributed by atoms with Crippen molar-refractivity contribution in [3.8, 4) is 0 Å². The number of rotatable bonds is 3. The van der Waals surface area contributed by atoms with Gasteiger partial charge in [-0.25, -0.2) is 4.79 Å². The summed E-state index contributed by atoms with van der Waals surface area (Å²) in [4.78, 5) is 11.8. The third-order valence-electron chi connectivity index (χ3n) is 2.72. The van der Waals surface area contributed by atoms with Crippen LogP contribution in [0.3, 0.4) is 0 Å². The zero-order valence-corrected chi connectivity index (χ0v) is 12.8. The van der Waals surface area contributed by atoms with Gasteiger partial charge < -0.3 is 10.6 Å². The Labute approximate surface area is 126 Å². The summed E-state index contributed by atoms with van der Waals surface area (Å²) in [5, 5.41) is 5.60. The van der Waals surface area contributed by atoms with Crippen LogP contribution in [0.4, 0.5) is 16.2 Å². The Bertz CT molecular complexity index is 549. The lowest BCUT2D eigenvalue weighted by atomic mass is 10.1. The van der Waals surface area contributed by atoms with Gasteiger partial charge in [0.25, 0.3) is 0 Å². The van der Waals surface area contributed by atoms with Crippen LogP contribution in [0.15, 0.2) is 48.5 Å². The number of hydrogen-bond donors (Lipinski definition) is 2. The number of carbonyl (C=O) groups excluding carboxylic acids is 1. The quantitative estimate of drug-likeness (QED) is 0.772. The first kappa shape index (κ1) is 13.9. The van der Waals surface area contributed by atoms with Gasteiger partial charge in [-0.3, -0.25) is 0 Å². The smallest absolute Gasteiger partial charge is 0.308 e. The monoisotopic (exact) mass is 366 g/mol. The molecular weight excluding hydrogens is 351 g/mol. The average Bonchev–Trinajstić information content (AvgIpc) is 2.42. The minimum Gasteiger partial charge on any atom is -0.308 e.